The van der Waals surface area contributed by atoms with Gasteiger partial charge in [-0.3, -0.25) is 4.79 Å². The van der Waals surface area contributed by atoms with Gasteiger partial charge in [0.25, 0.3) is 0 Å². The molecule has 0 aromatic rings. The molecule has 0 amide bonds. The molecule has 3 heteroatoms. The molecule has 1 saturated carbocycles. The largest absolute Gasteiger partial charge is 0.469 e. The Morgan fingerprint density at radius 1 is 1.55 bits per heavy atom. The van der Waals surface area contributed by atoms with Crippen molar-refractivity contribution in [3.63, 3.8) is 0 Å². The predicted octanol–water partition coefficient (Wildman–Crippen LogP) is 0.566. The Labute approximate surface area is 66.4 Å². The molecule has 1 fully saturated rings. The lowest BCUT2D eigenvalue weighted by atomic mass is 10.0. The first-order valence-corrected chi connectivity index (χ1v) is 3.92. The number of methoxy groups -OCH3 is 1. The van der Waals surface area contributed by atoms with E-state index >= 15 is 0 Å². The minimum atomic E-state index is -0.498. The van der Waals surface area contributed by atoms with E-state index < -0.39 is 6.10 Å². The number of ether oxygens (including phenoxy) is 1. The van der Waals surface area contributed by atoms with E-state index in [1.54, 1.807) is 0 Å². The molecule has 0 heterocycles. The van der Waals surface area contributed by atoms with Crippen LogP contribution in [-0.2, 0) is 9.53 Å². The predicted molar refractivity (Wildman–Crippen MR) is 39.9 cm³/mol. The molecule has 64 valence electrons. The Morgan fingerprint density at radius 2 is 2.18 bits per heavy atom. The average Bonchev–Trinajstić information content (AvgIpc) is 2.32. The Bertz CT molecular complexity index is 155. The summed E-state index contributed by atoms with van der Waals surface area (Å²) in [6, 6.07) is 0. The summed E-state index contributed by atoms with van der Waals surface area (Å²) in [5.74, 6) is -0.323. The molecule has 0 spiro atoms. The maximum atomic E-state index is 11.0. The third-order valence-corrected chi connectivity index (χ3v) is 2.43. The molecule has 0 saturated heterocycles. The second-order valence-corrected chi connectivity index (χ2v) is 3.17. The molecular formula is C8H14O3. The standard InChI is InChI=1S/C8H14O3/c1-5-3-4-6(7(5)9)8(10)11-2/h5-7,9H,3-4H2,1-2H3. The SMILES string of the molecule is COC(=O)C1CCC(C)C1O. The van der Waals surface area contributed by atoms with Crippen LogP contribution in [0, 0.1) is 11.8 Å². The molecule has 1 N–H and O–H groups in total. The smallest absolute Gasteiger partial charge is 0.311 e. The minimum absolute atomic E-state index is 0.235. The molecule has 3 atom stereocenters. The van der Waals surface area contributed by atoms with Crippen molar-refractivity contribution in [3.05, 3.63) is 0 Å². The number of aliphatic hydroxyl groups excluding tert-OH is 1. The van der Waals surface area contributed by atoms with Crippen molar-refractivity contribution in [1.29, 1.82) is 0 Å². The number of aliphatic hydroxyl groups is 1. The fourth-order valence-electron chi connectivity index (χ4n) is 1.59. The lowest BCUT2D eigenvalue weighted by molar-refractivity contribution is -0.148. The van der Waals surface area contributed by atoms with E-state index in [1.807, 2.05) is 6.92 Å². The summed E-state index contributed by atoms with van der Waals surface area (Å²) >= 11 is 0. The first kappa shape index (κ1) is 8.53. The molecule has 11 heavy (non-hydrogen) atoms. The Morgan fingerprint density at radius 3 is 2.55 bits per heavy atom. The van der Waals surface area contributed by atoms with Gasteiger partial charge < -0.3 is 9.84 Å². The number of carbonyl (C=O) groups excluding carboxylic acids is 1. The second kappa shape index (κ2) is 3.22. The van der Waals surface area contributed by atoms with Crippen LogP contribution >= 0.6 is 0 Å². The van der Waals surface area contributed by atoms with Gasteiger partial charge in [-0.15, -0.1) is 0 Å². The van der Waals surface area contributed by atoms with Crippen molar-refractivity contribution in [2.24, 2.45) is 11.8 Å². The van der Waals surface area contributed by atoms with Gasteiger partial charge >= 0.3 is 5.97 Å². The van der Waals surface area contributed by atoms with Crippen molar-refractivity contribution in [2.45, 2.75) is 25.9 Å². The molecule has 0 radical (unpaired) electrons. The number of hydrogen-bond donors (Lipinski definition) is 1. The monoisotopic (exact) mass is 158 g/mol. The van der Waals surface area contributed by atoms with Crippen molar-refractivity contribution < 1.29 is 14.6 Å². The molecule has 1 aliphatic rings. The zero-order chi connectivity index (χ0) is 8.43. The van der Waals surface area contributed by atoms with Gasteiger partial charge in [0, 0.05) is 0 Å². The third-order valence-electron chi connectivity index (χ3n) is 2.43. The summed E-state index contributed by atoms with van der Waals surface area (Å²) < 4.78 is 4.55. The lowest BCUT2D eigenvalue weighted by Gasteiger charge is -2.13. The highest BCUT2D eigenvalue weighted by Crippen LogP contribution is 2.31. The maximum absolute atomic E-state index is 11.0. The second-order valence-electron chi connectivity index (χ2n) is 3.17. The molecule has 0 aromatic heterocycles. The van der Waals surface area contributed by atoms with E-state index in [-0.39, 0.29) is 17.8 Å². The fourth-order valence-corrected chi connectivity index (χ4v) is 1.59. The highest BCUT2D eigenvalue weighted by molar-refractivity contribution is 5.73. The number of rotatable bonds is 1. The van der Waals surface area contributed by atoms with Crippen LogP contribution in [0.4, 0.5) is 0 Å². The summed E-state index contributed by atoms with van der Waals surface area (Å²) in [6.07, 6.45) is 1.18. The van der Waals surface area contributed by atoms with E-state index in [4.69, 9.17) is 0 Å². The highest BCUT2D eigenvalue weighted by Gasteiger charge is 2.37. The van der Waals surface area contributed by atoms with Gasteiger partial charge in [0.2, 0.25) is 0 Å². The van der Waals surface area contributed by atoms with Gasteiger partial charge in [-0.05, 0) is 18.8 Å². The molecule has 1 rings (SSSR count). The van der Waals surface area contributed by atoms with E-state index in [0.29, 0.717) is 0 Å². The number of esters is 1. The summed E-state index contributed by atoms with van der Waals surface area (Å²) in [7, 11) is 1.36. The molecule has 3 nitrogen and oxygen atoms in total. The van der Waals surface area contributed by atoms with Crippen LogP contribution in [-0.4, -0.2) is 24.3 Å². The molecular weight excluding hydrogens is 144 g/mol. The van der Waals surface area contributed by atoms with Crippen LogP contribution in [0.3, 0.4) is 0 Å². The van der Waals surface area contributed by atoms with Gasteiger partial charge in [-0.25, -0.2) is 0 Å². The molecule has 0 bridgehead atoms. The van der Waals surface area contributed by atoms with Gasteiger partial charge in [0.15, 0.2) is 0 Å². The van der Waals surface area contributed by atoms with Crippen LogP contribution in [0.2, 0.25) is 0 Å². The Hall–Kier alpha value is -0.570. The molecule has 0 aliphatic heterocycles. The number of carbonyl (C=O) groups is 1. The normalized spacial score (nSPS) is 37.2. The van der Waals surface area contributed by atoms with Crippen LogP contribution < -0.4 is 0 Å². The topological polar surface area (TPSA) is 46.5 Å². The molecule has 0 aromatic carbocycles. The van der Waals surface area contributed by atoms with Gasteiger partial charge in [0.05, 0.1) is 19.1 Å². The van der Waals surface area contributed by atoms with E-state index in [1.165, 1.54) is 7.11 Å². The third kappa shape index (κ3) is 1.53. The van der Waals surface area contributed by atoms with E-state index in [9.17, 15) is 9.90 Å². The molecule has 1 aliphatic carbocycles. The summed E-state index contributed by atoms with van der Waals surface area (Å²) in [5.41, 5.74) is 0. The van der Waals surface area contributed by atoms with Crippen molar-refractivity contribution in [1.82, 2.24) is 0 Å². The van der Waals surface area contributed by atoms with Crippen molar-refractivity contribution >= 4 is 5.97 Å². The lowest BCUT2D eigenvalue weighted by Crippen LogP contribution is -2.27. The number of hydrogen-bond acceptors (Lipinski definition) is 3. The average molecular weight is 158 g/mol. The van der Waals surface area contributed by atoms with E-state index in [0.717, 1.165) is 12.8 Å². The maximum Gasteiger partial charge on any atom is 0.311 e. The summed E-state index contributed by atoms with van der Waals surface area (Å²) in [4.78, 5) is 11.0. The van der Waals surface area contributed by atoms with Crippen molar-refractivity contribution in [3.8, 4) is 0 Å². The van der Waals surface area contributed by atoms with E-state index in [2.05, 4.69) is 4.74 Å². The van der Waals surface area contributed by atoms with Crippen molar-refractivity contribution in [2.75, 3.05) is 7.11 Å². The van der Waals surface area contributed by atoms with Gasteiger partial charge in [-0.2, -0.15) is 0 Å². The first-order valence-electron chi connectivity index (χ1n) is 3.92. The van der Waals surface area contributed by atoms with Gasteiger partial charge in [0.1, 0.15) is 0 Å². The van der Waals surface area contributed by atoms with Crippen LogP contribution in [0.25, 0.3) is 0 Å². The van der Waals surface area contributed by atoms with Gasteiger partial charge in [-0.1, -0.05) is 6.92 Å². The zero-order valence-electron chi connectivity index (χ0n) is 6.91. The molecule has 3 unspecified atom stereocenters. The summed E-state index contributed by atoms with van der Waals surface area (Å²) in [5, 5.41) is 9.46. The highest BCUT2D eigenvalue weighted by atomic mass is 16.5. The minimum Gasteiger partial charge on any atom is -0.469 e. The fraction of sp³-hybridized carbons (Fsp3) is 0.875. The van der Waals surface area contributed by atoms with Crippen LogP contribution in [0.5, 0.6) is 0 Å². The Kier molecular flexibility index (Phi) is 2.49. The first-order chi connectivity index (χ1) is 5.16. The Balaban J connectivity index is 2.54. The summed E-state index contributed by atoms with van der Waals surface area (Å²) in [6.45, 7) is 1.95. The van der Waals surface area contributed by atoms with Crippen LogP contribution in [0.15, 0.2) is 0 Å². The zero-order valence-corrected chi connectivity index (χ0v) is 6.91. The quantitative estimate of drug-likeness (QED) is 0.567. The van der Waals surface area contributed by atoms with Crippen LogP contribution in [0.1, 0.15) is 19.8 Å².